The highest BCUT2D eigenvalue weighted by Crippen LogP contribution is 2.30. The topological polar surface area (TPSA) is 58.1 Å². The maximum Gasteiger partial charge on any atom is 0.195 e. The molecule has 0 aliphatic carbocycles. The molecule has 6 nitrogen and oxygen atoms in total. The average Bonchev–Trinajstić information content (AvgIpc) is 3.17. The van der Waals surface area contributed by atoms with Crippen LogP contribution in [0.4, 0.5) is 5.69 Å². The van der Waals surface area contributed by atoms with E-state index in [1.165, 1.54) is 5.56 Å². The van der Waals surface area contributed by atoms with Gasteiger partial charge >= 0.3 is 0 Å². The van der Waals surface area contributed by atoms with Crippen molar-refractivity contribution < 1.29 is 9.47 Å². The van der Waals surface area contributed by atoms with Crippen LogP contribution in [-0.2, 0) is 13.0 Å². The molecule has 1 aromatic heterocycles. The van der Waals surface area contributed by atoms with Crippen LogP contribution in [0.1, 0.15) is 24.3 Å². The van der Waals surface area contributed by atoms with Crippen LogP contribution in [0.2, 0.25) is 0 Å². The lowest BCUT2D eigenvalue weighted by Gasteiger charge is -2.26. The Hall–Kier alpha value is -2.25. The second-order valence-corrected chi connectivity index (χ2v) is 7.58. The molecule has 3 rings (SSSR count). The van der Waals surface area contributed by atoms with Crippen molar-refractivity contribution in [2.75, 3.05) is 45.2 Å². The van der Waals surface area contributed by atoms with E-state index in [2.05, 4.69) is 33.9 Å². The van der Waals surface area contributed by atoms with Gasteiger partial charge in [-0.1, -0.05) is 0 Å². The lowest BCUT2D eigenvalue weighted by atomic mass is 10.1. The summed E-state index contributed by atoms with van der Waals surface area (Å²) in [4.78, 5) is 8.76. The second kappa shape index (κ2) is 10.3. The predicted octanol–water partition coefficient (Wildman–Crippen LogP) is 3.59. The molecule has 7 heteroatoms. The van der Waals surface area contributed by atoms with Crippen LogP contribution in [0.15, 0.2) is 34.6 Å². The SMILES string of the molecule is CCNC(=NCCN1CCc2sccc2C1)Nc1ccc(OCC)c(OC)c1. The highest BCUT2D eigenvalue weighted by molar-refractivity contribution is 7.10. The van der Waals surface area contributed by atoms with Gasteiger partial charge in [0.2, 0.25) is 0 Å². The third kappa shape index (κ3) is 5.39. The molecule has 152 valence electrons. The number of methoxy groups -OCH3 is 1. The number of thiophene rings is 1. The molecular formula is C21H30N4O2S. The Labute approximate surface area is 171 Å². The molecule has 0 bridgehead atoms. The molecule has 1 aromatic carbocycles. The molecule has 0 amide bonds. The third-order valence-corrected chi connectivity index (χ3v) is 5.67. The predicted molar refractivity (Wildman–Crippen MR) is 117 cm³/mol. The molecule has 2 heterocycles. The van der Waals surface area contributed by atoms with E-state index >= 15 is 0 Å². The van der Waals surface area contributed by atoms with E-state index < -0.39 is 0 Å². The zero-order valence-electron chi connectivity index (χ0n) is 17.0. The van der Waals surface area contributed by atoms with E-state index in [1.54, 1.807) is 12.0 Å². The van der Waals surface area contributed by atoms with Crippen molar-refractivity contribution in [3.05, 3.63) is 40.1 Å². The molecule has 2 aromatic rings. The molecule has 2 N–H and O–H groups in total. The first-order valence-corrected chi connectivity index (χ1v) is 10.7. The Kier molecular flexibility index (Phi) is 7.56. The van der Waals surface area contributed by atoms with Crippen LogP contribution in [0, 0.1) is 0 Å². The maximum atomic E-state index is 5.58. The molecule has 0 fully saturated rings. The summed E-state index contributed by atoms with van der Waals surface area (Å²) in [6, 6.07) is 8.07. The number of nitrogens with zero attached hydrogens (tertiary/aromatic N) is 2. The van der Waals surface area contributed by atoms with Gasteiger partial charge in [0.15, 0.2) is 17.5 Å². The Morgan fingerprint density at radius 2 is 2.14 bits per heavy atom. The van der Waals surface area contributed by atoms with E-state index in [0.29, 0.717) is 12.4 Å². The normalized spacial score (nSPS) is 14.5. The molecule has 0 spiro atoms. The minimum Gasteiger partial charge on any atom is -0.493 e. The van der Waals surface area contributed by atoms with E-state index in [4.69, 9.17) is 14.5 Å². The number of anilines is 1. The lowest BCUT2D eigenvalue weighted by Crippen LogP contribution is -2.34. The molecule has 1 aliphatic heterocycles. The van der Waals surface area contributed by atoms with Gasteiger partial charge in [-0.05, 0) is 49.4 Å². The molecule has 28 heavy (non-hydrogen) atoms. The summed E-state index contributed by atoms with van der Waals surface area (Å²) in [7, 11) is 1.65. The highest BCUT2D eigenvalue weighted by Gasteiger charge is 2.16. The van der Waals surface area contributed by atoms with Crippen molar-refractivity contribution in [1.29, 1.82) is 0 Å². The largest absolute Gasteiger partial charge is 0.493 e. The molecule has 0 unspecified atom stereocenters. The average molecular weight is 403 g/mol. The highest BCUT2D eigenvalue weighted by atomic mass is 32.1. The number of hydrogen-bond donors (Lipinski definition) is 2. The van der Waals surface area contributed by atoms with Gasteiger partial charge in [-0.15, -0.1) is 11.3 Å². The number of hydrogen-bond acceptors (Lipinski definition) is 5. The number of guanidine groups is 1. The molecule has 1 aliphatic rings. The number of nitrogens with one attached hydrogen (secondary N) is 2. The monoisotopic (exact) mass is 402 g/mol. The van der Waals surface area contributed by atoms with Crippen LogP contribution in [0.3, 0.4) is 0 Å². The lowest BCUT2D eigenvalue weighted by molar-refractivity contribution is 0.264. The minimum atomic E-state index is 0.608. The van der Waals surface area contributed by atoms with Crippen molar-refractivity contribution in [3.8, 4) is 11.5 Å². The van der Waals surface area contributed by atoms with Gasteiger partial charge in [0, 0.05) is 42.8 Å². The van der Waals surface area contributed by atoms with Crippen molar-refractivity contribution >= 4 is 23.0 Å². The van der Waals surface area contributed by atoms with Crippen molar-refractivity contribution in [2.24, 2.45) is 4.99 Å². The smallest absolute Gasteiger partial charge is 0.195 e. The van der Waals surface area contributed by atoms with Crippen LogP contribution in [0.25, 0.3) is 0 Å². The first kappa shape index (κ1) is 20.5. The maximum absolute atomic E-state index is 5.58. The van der Waals surface area contributed by atoms with Gasteiger partial charge in [-0.25, -0.2) is 0 Å². The van der Waals surface area contributed by atoms with Gasteiger partial charge in [0.1, 0.15) is 0 Å². The fourth-order valence-electron chi connectivity index (χ4n) is 3.26. The van der Waals surface area contributed by atoms with Crippen LogP contribution >= 0.6 is 11.3 Å². The fourth-order valence-corrected chi connectivity index (χ4v) is 4.15. The van der Waals surface area contributed by atoms with Crippen LogP contribution < -0.4 is 20.1 Å². The van der Waals surface area contributed by atoms with Gasteiger partial charge < -0.3 is 20.1 Å². The summed E-state index contributed by atoms with van der Waals surface area (Å²) in [6.45, 7) is 9.30. The van der Waals surface area contributed by atoms with E-state index in [0.717, 1.165) is 56.5 Å². The number of fused-ring (bicyclic) bond motifs is 1. The summed E-state index contributed by atoms with van der Waals surface area (Å²) >= 11 is 1.88. The van der Waals surface area contributed by atoms with Gasteiger partial charge in [0.25, 0.3) is 0 Å². The summed E-state index contributed by atoms with van der Waals surface area (Å²) in [5.41, 5.74) is 2.40. The standard InChI is InChI=1S/C21H30N4O2S/c1-4-22-21(24-17-6-7-18(27-5-2)19(14-17)26-3)23-10-12-25-11-8-20-16(15-25)9-13-28-20/h6-7,9,13-14H,4-5,8,10-12,15H2,1-3H3,(H2,22,23,24). The second-order valence-electron chi connectivity index (χ2n) is 6.58. The van der Waals surface area contributed by atoms with Gasteiger partial charge in [-0.3, -0.25) is 9.89 Å². The number of benzene rings is 1. The van der Waals surface area contributed by atoms with Crippen LogP contribution in [-0.4, -0.2) is 50.8 Å². The Morgan fingerprint density at radius 1 is 1.25 bits per heavy atom. The first-order valence-electron chi connectivity index (χ1n) is 9.87. The van der Waals surface area contributed by atoms with Crippen LogP contribution in [0.5, 0.6) is 11.5 Å². The molecule has 0 saturated heterocycles. The Morgan fingerprint density at radius 3 is 2.93 bits per heavy atom. The molecule has 0 saturated carbocycles. The zero-order valence-corrected chi connectivity index (χ0v) is 17.8. The number of rotatable bonds is 8. The van der Waals surface area contributed by atoms with E-state index in [1.807, 2.05) is 36.5 Å². The molecule has 0 atom stereocenters. The minimum absolute atomic E-state index is 0.608. The Balaban J connectivity index is 1.58. The van der Waals surface area contributed by atoms with Crippen molar-refractivity contribution in [1.82, 2.24) is 10.2 Å². The van der Waals surface area contributed by atoms with Gasteiger partial charge in [-0.2, -0.15) is 0 Å². The Bertz CT molecular complexity index is 790. The fraction of sp³-hybridized carbons (Fsp3) is 0.476. The molecular weight excluding hydrogens is 372 g/mol. The summed E-state index contributed by atoms with van der Waals surface area (Å²) in [5, 5.41) is 8.87. The summed E-state index contributed by atoms with van der Waals surface area (Å²) in [5.74, 6) is 2.24. The quantitative estimate of drug-likeness (QED) is 0.522. The van der Waals surface area contributed by atoms with E-state index in [9.17, 15) is 0 Å². The van der Waals surface area contributed by atoms with Gasteiger partial charge in [0.05, 0.1) is 20.3 Å². The third-order valence-electron chi connectivity index (χ3n) is 4.64. The molecule has 0 radical (unpaired) electrons. The number of ether oxygens (including phenoxy) is 2. The van der Waals surface area contributed by atoms with Crippen molar-refractivity contribution in [2.45, 2.75) is 26.8 Å². The van der Waals surface area contributed by atoms with Crippen molar-refractivity contribution in [3.63, 3.8) is 0 Å². The first-order chi connectivity index (χ1) is 13.7. The summed E-state index contributed by atoms with van der Waals surface area (Å²) < 4.78 is 11.0. The zero-order chi connectivity index (χ0) is 19.8. The summed E-state index contributed by atoms with van der Waals surface area (Å²) in [6.07, 6.45) is 1.15. The van der Waals surface area contributed by atoms with E-state index in [-0.39, 0.29) is 0 Å². The number of aliphatic imine (C=N–C) groups is 1.